The van der Waals surface area contributed by atoms with E-state index in [1.165, 1.54) is 23.8 Å². The molecule has 0 amide bonds. The molecule has 1 saturated carbocycles. The molecule has 0 bridgehead atoms. The van der Waals surface area contributed by atoms with E-state index in [1.807, 2.05) is 12.3 Å². The van der Waals surface area contributed by atoms with Crippen molar-refractivity contribution in [3.63, 3.8) is 0 Å². The molecule has 1 aromatic heterocycles. The molecule has 1 N–H and O–H groups in total. The van der Waals surface area contributed by atoms with Crippen molar-refractivity contribution in [1.29, 1.82) is 0 Å². The van der Waals surface area contributed by atoms with Crippen LogP contribution in [0.1, 0.15) is 18.4 Å². The van der Waals surface area contributed by atoms with Gasteiger partial charge in [0, 0.05) is 24.2 Å². The number of pyridine rings is 1. The molecule has 0 radical (unpaired) electrons. The zero-order valence-electron chi connectivity index (χ0n) is 10.9. The number of hydrogen-bond donors (Lipinski definition) is 1. The third-order valence-corrected chi connectivity index (χ3v) is 3.34. The maximum absolute atomic E-state index is 5.61. The van der Waals surface area contributed by atoms with Crippen molar-refractivity contribution < 1.29 is 4.74 Å². The predicted molar refractivity (Wildman–Crippen MR) is 77.3 cm³/mol. The first kappa shape index (κ1) is 12.2. The molecule has 1 aliphatic carbocycles. The highest BCUT2D eigenvalue weighted by Crippen LogP contribution is 2.27. The van der Waals surface area contributed by atoms with Crippen molar-refractivity contribution in [1.82, 2.24) is 10.3 Å². The van der Waals surface area contributed by atoms with Crippen LogP contribution in [0.3, 0.4) is 0 Å². The Hall–Kier alpha value is -1.87. The molecule has 3 heteroatoms. The van der Waals surface area contributed by atoms with E-state index in [0.29, 0.717) is 18.5 Å². The highest BCUT2D eigenvalue weighted by molar-refractivity contribution is 5.89. The molecule has 0 aliphatic heterocycles. The van der Waals surface area contributed by atoms with Crippen LogP contribution in [0.4, 0.5) is 0 Å². The second kappa shape index (κ2) is 5.41. The SMILES string of the molecule is C=CCOc1ncc(CNC2CC2)c2ccccc12. The van der Waals surface area contributed by atoms with Gasteiger partial charge in [-0.1, -0.05) is 30.9 Å². The summed E-state index contributed by atoms with van der Waals surface area (Å²) in [5, 5.41) is 5.81. The van der Waals surface area contributed by atoms with Gasteiger partial charge in [-0.15, -0.1) is 0 Å². The second-order valence-electron chi connectivity index (χ2n) is 4.89. The first-order chi connectivity index (χ1) is 9.38. The molecule has 1 aliphatic rings. The van der Waals surface area contributed by atoms with Crippen LogP contribution in [0, 0.1) is 0 Å². The number of nitrogens with zero attached hydrogens (tertiary/aromatic N) is 1. The molecule has 0 unspecified atom stereocenters. The van der Waals surface area contributed by atoms with Gasteiger partial charge in [-0.05, 0) is 29.9 Å². The van der Waals surface area contributed by atoms with E-state index >= 15 is 0 Å². The van der Waals surface area contributed by atoms with E-state index in [2.05, 4.69) is 35.1 Å². The van der Waals surface area contributed by atoms with Crippen molar-refractivity contribution in [3.8, 4) is 5.88 Å². The van der Waals surface area contributed by atoms with Crippen LogP contribution >= 0.6 is 0 Å². The number of fused-ring (bicyclic) bond motifs is 1. The Kier molecular flexibility index (Phi) is 3.47. The third-order valence-electron chi connectivity index (χ3n) is 3.34. The van der Waals surface area contributed by atoms with E-state index in [0.717, 1.165) is 11.9 Å². The molecule has 1 heterocycles. The summed E-state index contributed by atoms with van der Waals surface area (Å²) in [6, 6.07) is 8.96. The standard InChI is InChI=1S/C16H18N2O/c1-2-9-19-16-15-6-4-3-5-14(15)12(11-18-16)10-17-13-7-8-13/h2-6,11,13,17H,1,7-10H2. The summed E-state index contributed by atoms with van der Waals surface area (Å²) in [4.78, 5) is 4.43. The Bertz CT molecular complexity index is 590. The van der Waals surface area contributed by atoms with Crippen molar-refractivity contribution in [2.45, 2.75) is 25.4 Å². The molecule has 0 spiro atoms. The lowest BCUT2D eigenvalue weighted by atomic mass is 10.1. The van der Waals surface area contributed by atoms with Crippen LogP contribution in [-0.2, 0) is 6.54 Å². The van der Waals surface area contributed by atoms with Gasteiger partial charge < -0.3 is 10.1 Å². The van der Waals surface area contributed by atoms with E-state index in [4.69, 9.17) is 4.74 Å². The van der Waals surface area contributed by atoms with Crippen molar-refractivity contribution in [2.24, 2.45) is 0 Å². The molecule has 0 saturated heterocycles. The Morgan fingerprint density at radius 1 is 1.32 bits per heavy atom. The first-order valence-corrected chi connectivity index (χ1v) is 6.72. The summed E-state index contributed by atoms with van der Waals surface area (Å²) < 4.78 is 5.61. The zero-order chi connectivity index (χ0) is 13.1. The summed E-state index contributed by atoms with van der Waals surface area (Å²) in [6.45, 7) is 5.02. The summed E-state index contributed by atoms with van der Waals surface area (Å²) in [7, 11) is 0. The number of rotatable bonds is 6. The summed E-state index contributed by atoms with van der Waals surface area (Å²) >= 11 is 0. The van der Waals surface area contributed by atoms with E-state index in [-0.39, 0.29) is 0 Å². The van der Waals surface area contributed by atoms with Crippen LogP contribution in [0.5, 0.6) is 5.88 Å². The number of hydrogen-bond acceptors (Lipinski definition) is 3. The topological polar surface area (TPSA) is 34.1 Å². The molecule has 98 valence electrons. The molecular weight excluding hydrogens is 236 g/mol. The van der Waals surface area contributed by atoms with Gasteiger partial charge in [0.15, 0.2) is 0 Å². The minimum absolute atomic E-state index is 0.483. The first-order valence-electron chi connectivity index (χ1n) is 6.72. The third kappa shape index (κ3) is 2.76. The number of nitrogens with one attached hydrogen (secondary N) is 1. The van der Waals surface area contributed by atoms with Gasteiger partial charge >= 0.3 is 0 Å². The predicted octanol–water partition coefficient (Wildman–Crippen LogP) is 3.05. The quantitative estimate of drug-likeness (QED) is 0.804. The van der Waals surface area contributed by atoms with Gasteiger partial charge in [-0.3, -0.25) is 0 Å². The molecule has 1 aromatic carbocycles. The number of benzene rings is 1. The van der Waals surface area contributed by atoms with E-state index in [1.54, 1.807) is 6.08 Å². The number of ether oxygens (including phenoxy) is 1. The molecule has 0 atom stereocenters. The van der Waals surface area contributed by atoms with E-state index < -0.39 is 0 Å². The fourth-order valence-electron chi connectivity index (χ4n) is 2.16. The van der Waals surface area contributed by atoms with Gasteiger partial charge in [0.25, 0.3) is 0 Å². The second-order valence-corrected chi connectivity index (χ2v) is 4.89. The molecule has 19 heavy (non-hydrogen) atoms. The van der Waals surface area contributed by atoms with Gasteiger partial charge in [-0.2, -0.15) is 0 Å². The van der Waals surface area contributed by atoms with Crippen LogP contribution < -0.4 is 10.1 Å². The van der Waals surface area contributed by atoms with Crippen molar-refractivity contribution in [3.05, 3.63) is 48.7 Å². The average molecular weight is 254 g/mol. The Morgan fingerprint density at radius 3 is 2.84 bits per heavy atom. The highest BCUT2D eigenvalue weighted by Gasteiger charge is 2.20. The lowest BCUT2D eigenvalue weighted by Gasteiger charge is -2.11. The van der Waals surface area contributed by atoms with Crippen LogP contribution in [0.25, 0.3) is 10.8 Å². The van der Waals surface area contributed by atoms with E-state index in [9.17, 15) is 0 Å². The largest absolute Gasteiger partial charge is 0.473 e. The van der Waals surface area contributed by atoms with Crippen LogP contribution in [-0.4, -0.2) is 17.6 Å². The smallest absolute Gasteiger partial charge is 0.221 e. The maximum atomic E-state index is 5.61. The van der Waals surface area contributed by atoms with Gasteiger partial charge in [0.2, 0.25) is 5.88 Å². The lowest BCUT2D eigenvalue weighted by molar-refractivity contribution is 0.353. The Morgan fingerprint density at radius 2 is 2.11 bits per heavy atom. The fourth-order valence-corrected chi connectivity index (χ4v) is 2.16. The normalized spacial score (nSPS) is 14.5. The average Bonchev–Trinajstić information content (AvgIpc) is 3.27. The van der Waals surface area contributed by atoms with Crippen LogP contribution in [0.2, 0.25) is 0 Å². The molecule has 3 rings (SSSR count). The van der Waals surface area contributed by atoms with Gasteiger partial charge in [0.1, 0.15) is 6.61 Å². The van der Waals surface area contributed by atoms with Gasteiger partial charge in [0.05, 0.1) is 0 Å². The Labute approximate surface area is 113 Å². The summed E-state index contributed by atoms with van der Waals surface area (Å²) in [6.07, 6.45) is 6.24. The Balaban J connectivity index is 1.92. The maximum Gasteiger partial charge on any atom is 0.221 e. The van der Waals surface area contributed by atoms with Crippen molar-refractivity contribution >= 4 is 10.8 Å². The lowest BCUT2D eigenvalue weighted by Crippen LogP contribution is -2.15. The summed E-state index contributed by atoms with van der Waals surface area (Å²) in [5.41, 5.74) is 1.23. The van der Waals surface area contributed by atoms with Crippen LogP contribution in [0.15, 0.2) is 43.1 Å². The molecule has 1 fully saturated rings. The highest BCUT2D eigenvalue weighted by atomic mass is 16.5. The zero-order valence-corrected chi connectivity index (χ0v) is 10.9. The van der Waals surface area contributed by atoms with Gasteiger partial charge in [-0.25, -0.2) is 4.98 Å². The molecule has 3 nitrogen and oxygen atoms in total. The molecular formula is C16H18N2O. The monoisotopic (exact) mass is 254 g/mol. The number of aromatic nitrogens is 1. The fraction of sp³-hybridized carbons (Fsp3) is 0.312. The molecule has 2 aromatic rings. The minimum Gasteiger partial charge on any atom is -0.473 e. The summed E-state index contributed by atoms with van der Waals surface area (Å²) in [5.74, 6) is 0.686. The van der Waals surface area contributed by atoms with Crippen molar-refractivity contribution in [2.75, 3.05) is 6.61 Å². The minimum atomic E-state index is 0.483.